The van der Waals surface area contributed by atoms with Crippen molar-refractivity contribution in [3.63, 3.8) is 0 Å². The molecule has 1 heterocycles. The number of thiazole rings is 1. The highest BCUT2D eigenvalue weighted by Gasteiger charge is 2.05. The van der Waals surface area contributed by atoms with Gasteiger partial charge in [-0.1, -0.05) is 23.4 Å². The van der Waals surface area contributed by atoms with Gasteiger partial charge >= 0.3 is 0 Å². The Hall–Kier alpha value is 0.230. The molecule has 0 fully saturated rings. The second-order valence-electron chi connectivity index (χ2n) is 1.56. The fourth-order valence-electron chi connectivity index (χ4n) is 0.498. The smallest absolute Gasteiger partial charge is 0.151 e. The second-order valence-corrected chi connectivity index (χ2v) is 4.05. The lowest BCUT2D eigenvalue weighted by Crippen LogP contribution is -1.75. The topological polar surface area (TPSA) is 33.1 Å². The average Bonchev–Trinajstić information content (AvgIpc) is 2.30. The van der Waals surface area contributed by atoms with Gasteiger partial charge in [-0.3, -0.25) is 0 Å². The summed E-state index contributed by atoms with van der Waals surface area (Å²) in [5, 5.41) is 9.13. The molecule has 0 bridgehead atoms. The van der Waals surface area contributed by atoms with Gasteiger partial charge < -0.3 is 5.11 Å². The largest absolute Gasteiger partial charge is 0.391 e. The number of hydrogen-bond acceptors (Lipinski definition) is 4. The van der Waals surface area contributed by atoms with Gasteiger partial charge in [0, 0.05) is 0 Å². The summed E-state index contributed by atoms with van der Waals surface area (Å²) in [4.78, 5) is 4.73. The molecule has 0 saturated heterocycles. The summed E-state index contributed by atoms with van der Waals surface area (Å²) >= 11 is 8.61. The van der Waals surface area contributed by atoms with Gasteiger partial charge in [0.25, 0.3) is 0 Å². The minimum absolute atomic E-state index is 0.0168. The first-order valence-corrected chi connectivity index (χ1v) is 5.00. The zero-order valence-electron chi connectivity index (χ0n) is 5.30. The van der Waals surface area contributed by atoms with E-state index >= 15 is 0 Å². The Bertz CT molecular complexity index is 225. The average molecular weight is 196 g/mol. The van der Waals surface area contributed by atoms with E-state index in [-0.39, 0.29) is 6.61 Å². The van der Waals surface area contributed by atoms with Crippen molar-refractivity contribution in [1.82, 2.24) is 4.98 Å². The summed E-state index contributed by atoms with van der Waals surface area (Å²) in [5.41, 5.74) is 0. The van der Waals surface area contributed by atoms with Gasteiger partial charge in [-0.15, -0.1) is 11.3 Å². The van der Waals surface area contributed by atoms with E-state index in [0.29, 0.717) is 5.15 Å². The maximum absolute atomic E-state index is 8.70. The Balaban J connectivity index is 2.92. The van der Waals surface area contributed by atoms with Crippen molar-refractivity contribution >= 4 is 34.7 Å². The van der Waals surface area contributed by atoms with Crippen molar-refractivity contribution in [2.75, 3.05) is 6.26 Å². The third kappa shape index (κ3) is 1.63. The highest BCUT2D eigenvalue weighted by molar-refractivity contribution is 8.00. The van der Waals surface area contributed by atoms with E-state index in [4.69, 9.17) is 16.7 Å². The third-order valence-electron chi connectivity index (χ3n) is 0.948. The van der Waals surface area contributed by atoms with Crippen LogP contribution in [0.3, 0.4) is 0 Å². The van der Waals surface area contributed by atoms with Crippen molar-refractivity contribution < 1.29 is 5.11 Å². The van der Waals surface area contributed by atoms with E-state index in [1.165, 1.54) is 23.1 Å². The van der Waals surface area contributed by atoms with Crippen molar-refractivity contribution in [1.29, 1.82) is 0 Å². The van der Waals surface area contributed by atoms with Gasteiger partial charge in [0.1, 0.15) is 5.15 Å². The predicted octanol–water partition coefficient (Wildman–Crippen LogP) is 2.01. The molecule has 0 atom stereocenters. The summed E-state index contributed by atoms with van der Waals surface area (Å²) in [6.07, 6.45) is 1.93. The maximum atomic E-state index is 8.70. The summed E-state index contributed by atoms with van der Waals surface area (Å²) in [7, 11) is 0. The summed E-state index contributed by atoms with van der Waals surface area (Å²) in [5.74, 6) is 0. The van der Waals surface area contributed by atoms with E-state index < -0.39 is 0 Å². The van der Waals surface area contributed by atoms with Gasteiger partial charge in [0.05, 0.1) is 11.5 Å². The van der Waals surface area contributed by atoms with E-state index in [0.717, 1.165) is 9.22 Å². The van der Waals surface area contributed by atoms with Crippen LogP contribution in [-0.2, 0) is 6.61 Å². The molecule has 1 N–H and O–H groups in total. The van der Waals surface area contributed by atoms with E-state index in [1.54, 1.807) is 0 Å². The molecule has 0 aliphatic heterocycles. The van der Waals surface area contributed by atoms with Crippen LogP contribution in [0.5, 0.6) is 0 Å². The maximum Gasteiger partial charge on any atom is 0.151 e. The molecule has 0 unspecified atom stereocenters. The first-order valence-electron chi connectivity index (χ1n) is 2.58. The van der Waals surface area contributed by atoms with Crippen LogP contribution in [0.2, 0.25) is 5.15 Å². The number of aliphatic hydroxyl groups is 1. The van der Waals surface area contributed by atoms with Crippen LogP contribution in [0.25, 0.3) is 0 Å². The minimum Gasteiger partial charge on any atom is -0.391 e. The number of hydrogen-bond donors (Lipinski definition) is 1. The van der Waals surface area contributed by atoms with Crippen LogP contribution in [0.1, 0.15) is 4.88 Å². The SMILES string of the molecule is CSc1nc(Cl)c(CO)s1. The lowest BCUT2D eigenvalue weighted by molar-refractivity contribution is 0.285. The van der Waals surface area contributed by atoms with Gasteiger partial charge in [0.2, 0.25) is 0 Å². The Labute approximate surface area is 72.2 Å². The first-order chi connectivity index (χ1) is 4.77. The van der Waals surface area contributed by atoms with Crippen molar-refractivity contribution in [2.45, 2.75) is 10.9 Å². The zero-order chi connectivity index (χ0) is 7.56. The summed E-state index contributed by atoms with van der Waals surface area (Å²) in [6.45, 7) is -0.0168. The molecular weight excluding hydrogens is 190 g/mol. The van der Waals surface area contributed by atoms with Gasteiger partial charge in [-0.2, -0.15) is 0 Å². The third-order valence-corrected chi connectivity index (χ3v) is 3.40. The van der Waals surface area contributed by atoms with Gasteiger partial charge in [-0.25, -0.2) is 4.98 Å². The minimum atomic E-state index is -0.0168. The van der Waals surface area contributed by atoms with Gasteiger partial charge in [-0.05, 0) is 6.26 Å². The monoisotopic (exact) mass is 195 g/mol. The predicted molar refractivity (Wildman–Crippen MR) is 44.8 cm³/mol. The second kappa shape index (κ2) is 3.57. The molecular formula is C5H6ClNOS2. The quantitative estimate of drug-likeness (QED) is 0.733. The van der Waals surface area contributed by atoms with E-state index in [2.05, 4.69) is 4.98 Å². The molecule has 1 aromatic rings. The Kier molecular flexibility index (Phi) is 2.97. The van der Waals surface area contributed by atoms with Crippen molar-refractivity contribution in [3.05, 3.63) is 10.0 Å². The lowest BCUT2D eigenvalue weighted by Gasteiger charge is -1.83. The molecule has 0 amide bonds. The van der Waals surface area contributed by atoms with E-state index in [1.807, 2.05) is 6.26 Å². The summed E-state index contributed by atoms with van der Waals surface area (Å²) in [6, 6.07) is 0. The molecule has 0 aliphatic carbocycles. The number of aromatic nitrogens is 1. The van der Waals surface area contributed by atoms with Crippen LogP contribution >= 0.6 is 34.7 Å². The fourth-order valence-corrected chi connectivity index (χ4v) is 2.22. The number of halogens is 1. The molecule has 1 rings (SSSR count). The van der Waals surface area contributed by atoms with Crippen molar-refractivity contribution in [2.24, 2.45) is 0 Å². The van der Waals surface area contributed by atoms with Crippen LogP contribution in [-0.4, -0.2) is 16.3 Å². The summed E-state index contributed by atoms with van der Waals surface area (Å²) < 4.78 is 0.897. The molecule has 0 radical (unpaired) electrons. The molecule has 2 nitrogen and oxygen atoms in total. The highest BCUT2D eigenvalue weighted by atomic mass is 35.5. The van der Waals surface area contributed by atoms with Crippen LogP contribution in [0.15, 0.2) is 4.34 Å². The standard InChI is InChI=1S/C5H6ClNOS2/c1-9-5-7-4(6)3(2-8)10-5/h8H,2H2,1H3. The number of thioether (sulfide) groups is 1. The van der Waals surface area contributed by atoms with Crippen LogP contribution < -0.4 is 0 Å². The Morgan fingerprint density at radius 2 is 2.50 bits per heavy atom. The Morgan fingerprint density at radius 1 is 1.80 bits per heavy atom. The molecule has 56 valence electrons. The van der Waals surface area contributed by atoms with Gasteiger partial charge in [0.15, 0.2) is 4.34 Å². The van der Waals surface area contributed by atoms with E-state index in [9.17, 15) is 0 Å². The normalized spacial score (nSPS) is 10.3. The number of nitrogens with zero attached hydrogens (tertiary/aromatic N) is 1. The zero-order valence-corrected chi connectivity index (χ0v) is 7.68. The van der Waals surface area contributed by atoms with Crippen LogP contribution in [0.4, 0.5) is 0 Å². The molecule has 5 heteroatoms. The van der Waals surface area contributed by atoms with Crippen LogP contribution in [0, 0.1) is 0 Å². The lowest BCUT2D eigenvalue weighted by atomic mass is 10.6. The first kappa shape index (κ1) is 8.33. The van der Waals surface area contributed by atoms with Crippen molar-refractivity contribution in [3.8, 4) is 0 Å². The fraction of sp³-hybridized carbons (Fsp3) is 0.400. The molecule has 10 heavy (non-hydrogen) atoms. The highest BCUT2D eigenvalue weighted by Crippen LogP contribution is 2.28. The number of aliphatic hydroxyl groups excluding tert-OH is 1. The molecule has 0 aliphatic rings. The molecule has 1 aromatic heterocycles. The molecule has 0 spiro atoms. The molecule has 0 saturated carbocycles. The Morgan fingerprint density at radius 3 is 2.80 bits per heavy atom. The molecule has 0 aromatic carbocycles. The number of rotatable bonds is 2.